The number of hydrogen-bond donors (Lipinski definition) is 2. The SMILES string of the molecule is CN(C)S(=O)(=O)c1ccc(CN=C(N)Nc2ccc3c(c2)CCC3)cc1.I. The molecule has 6 nitrogen and oxygen atoms in total. The molecule has 0 spiro atoms. The molecule has 0 unspecified atom stereocenters. The van der Waals surface area contributed by atoms with E-state index in [0.717, 1.165) is 24.1 Å². The largest absolute Gasteiger partial charge is 0.370 e. The third kappa shape index (κ3) is 5.20. The summed E-state index contributed by atoms with van der Waals surface area (Å²) in [6, 6.07) is 13.0. The van der Waals surface area contributed by atoms with E-state index >= 15 is 0 Å². The maximum atomic E-state index is 12.1. The summed E-state index contributed by atoms with van der Waals surface area (Å²) < 4.78 is 25.3. The zero-order valence-electron chi connectivity index (χ0n) is 15.5. The lowest BCUT2D eigenvalue weighted by molar-refractivity contribution is 0.520. The Bertz CT molecular complexity index is 925. The number of sulfonamides is 1. The highest BCUT2D eigenvalue weighted by Crippen LogP contribution is 2.24. The molecule has 0 aliphatic heterocycles. The van der Waals surface area contributed by atoms with Gasteiger partial charge in [-0.1, -0.05) is 18.2 Å². The van der Waals surface area contributed by atoms with Gasteiger partial charge in [-0.05, 0) is 60.2 Å². The zero-order valence-corrected chi connectivity index (χ0v) is 18.6. The van der Waals surface area contributed by atoms with Crippen LogP contribution in [-0.4, -0.2) is 32.8 Å². The van der Waals surface area contributed by atoms with Crippen LogP contribution in [0.3, 0.4) is 0 Å². The lowest BCUT2D eigenvalue weighted by atomic mass is 10.1. The van der Waals surface area contributed by atoms with Crippen LogP contribution >= 0.6 is 24.0 Å². The second kappa shape index (κ2) is 9.03. The summed E-state index contributed by atoms with van der Waals surface area (Å²) in [5.74, 6) is 0.341. The van der Waals surface area contributed by atoms with Crippen LogP contribution in [0.1, 0.15) is 23.1 Å². The first kappa shape index (κ1) is 21.6. The maximum Gasteiger partial charge on any atom is 0.242 e. The van der Waals surface area contributed by atoms with Gasteiger partial charge in [-0.25, -0.2) is 17.7 Å². The molecule has 0 aromatic heterocycles. The van der Waals surface area contributed by atoms with Crippen molar-refractivity contribution in [3.8, 4) is 0 Å². The minimum absolute atomic E-state index is 0. The van der Waals surface area contributed by atoms with Gasteiger partial charge in [0, 0.05) is 19.8 Å². The molecule has 8 heteroatoms. The normalized spacial score (nSPS) is 14.0. The molecule has 0 bridgehead atoms. The van der Waals surface area contributed by atoms with Crippen LogP contribution in [-0.2, 0) is 29.4 Å². The number of nitrogens with two attached hydrogens (primary N) is 1. The Balaban J connectivity index is 0.00000261. The average Bonchev–Trinajstić information content (AvgIpc) is 3.08. The molecule has 0 radical (unpaired) electrons. The first-order chi connectivity index (χ1) is 12.4. The first-order valence-corrected chi connectivity index (χ1v) is 10.0. The number of anilines is 1. The van der Waals surface area contributed by atoms with Crippen LogP contribution in [0, 0.1) is 0 Å². The van der Waals surface area contributed by atoms with Crippen molar-refractivity contribution in [2.24, 2.45) is 10.7 Å². The number of guanidine groups is 1. The zero-order chi connectivity index (χ0) is 18.7. The van der Waals surface area contributed by atoms with Gasteiger partial charge in [-0.3, -0.25) is 0 Å². The summed E-state index contributed by atoms with van der Waals surface area (Å²) in [6.45, 7) is 0.381. The van der Waals surface area contributed by atoms with Gasteiger partial charge >= 0.3 is 0 Å². The van der Waals surface area contributed by atoms with Gasteiger partial charge in [0.05, 0.1) is 11.4 Å². The number of aryl methyl sites for hydroxylation is 2. The van der Waals surface area contributed by atoms with E-state index in [0.29, 0.717) is 12.5 Å². The van der Waals surface area contributed by atoms with Crippen molar-refractivity contribution in [3.05, 3.63) is 59.2 Å². The number of hydrogen-bond acceptors (Lipinski definition) is 3. The van der Waals surface area contributed by atoms with Crippen LogP contribution in [0.5, 0.6) is 0 Å². The molecule has 0 saturated heterocycles. The molecule has 27 heavy (non-hydrogen) atoms. The fourth-order valence-electron chi connectivity index (χ4n) is 2.99. The minimum atomic E-state index is -3.41. The number of aliphatic imine (C=N–C) groups is 1. The summed E-state index contributed by atoms with van der Waals surface area (Å²) in [5.41, 5.74) is 10.6. The topological polar surface area (TPSA) is 87.8 Å². The molecule has 3 N–H and O–H groups in total. The smallest absolute Gasteiger partial charge is 0.242 e. The predicted molar refractivity (Wildman–Crippen MR) is 120 cm³/mol. The van der Waals surface area contributed by atoms with Crippen LogP contribution in [0.4, 0.5) is 5.69 Å². The molecule has 1 aliphatic carbocycles. The molecule has 0 heterocycles. The van der Waals surface area contributed by atoms with Gasteiger partial charge in [0.15, 0.2) is 5.96 Å². The lowest BCUT2D eigenvalue weighted by Crippen LogP contribution is -2.23. The number of nitrogens with zero attached hydrogens (tertiary/aromatic N) is 2. The summed E-state index contributed by atoms with van der Waals surface area (Å²) in [7, 11) is -0.385. The van der Waals surface area contributed by atoms with Crippen molar-refractivity contribution in [1.82, 2.24) is 4.31 Å². The van der Waals surface area contributed by atoms with Gasteiger partial charge < -0.3 is 11.1 Å². The Hall–Kier alpha value is -1.65. The highest BCUT2D eigenvalue weighted by atomic mass is 127. The van der Waals surface area contributed by atoms with E-state index in [1.54, 1.807) is 24.3 Å². The third-order valence-electron chi connectivity index (χ3n) is 4.50. The van der Waals surface area contributed by atoms with E-state index in [1.165, 1.54) is 35.9 Å². The molecule has 146 valence electrons. The molecular weight excluding hydrogens is 475 g/mol. The van der Waals surface area contributed by atoms with E-state index in [2.05, 4.69) is 22.4 Å². The van der Waals surface area contributed by atoms with Crippen molar-refractivity contribution in [2.45, 2.75) is 30.7 Å². The van der Waals surface area contributed by atoms with E-state index in [9.17, 15) is 8.42 Å². The number of rotatable bonds is 5. The molecule has 1 aliphatic rings. The lowest BCUT2D eigenvalue weighted by Gasteiger charge is -2.11. The Morgan fingerprint density at radius 2 is 1.78 bits per heavy atom. The van der Waals surface area contributed by atoms with Crippen molar-refractivity contribution < 1.29 is 8.42 Å². The molecule has 2 aromatic carbocycles. The molecule has 2 aromatic rings. The Kier molecular flexibility index (Phi) is 7.24. The van der Waals surface area contributed by atoms with Crippen LogP contribution in [0.2, 0.25) is 0 Å². The number of fused-ring (bicyclic) bond motifs is 1. The quantitative estimate of drug-likeness (QED) is 0.376. The Morgan fingerprint density at radius 1 is 1.11 bits per heavy atom. The van der Waals surface area contributed by atoms with E-state index < -0.39 is 10.0 Å². The van der Waals surface area contributed by atoms with Gasteiger partial charge in [-0.2, -0.15) is 0 Å². The van der Waals surface area contributed by atoms with Crippen LogP contribution in [0.15, 0.2) is 52.4 Å². The molecular formula is C19H25IN4O2S. The highest BCUT2D eigenvalue weighted by Gasteiger charge is 2.16. The molecule has 0 saturated carbocycles. The van der Waals surface area contributed by atoms with Gasteiger partial charge in [0.1, 0.15) is 0 Å². The monoisotopic (exact) mass is 500 g/mol. The van der Waals surface area contributed by atoms with Gasteiger partial charge in [-0.15, -0.1) is 24.0 Å². The van der Waals surface area contributed by atoms with E-state index in [1.807, 2.05) is 6.07 Å². The van der Waals surface area contributed by atoms with Gasteiger partial charge in [0.2, 0.25) is 10.0 Å². The second-order valence-corrected chi connectivity index (χ2v) is 8.75. The summed E-state index contributed by atoms with van der Waals surface area (Å²) >= 11 is 0. The number of halogens is 1. The Labute approximate surface area is 177 Å². The molecule has 0 fully saturated rings. The average molecular weight is 500 g/mol. The number of benzene rings is 2. The molecule has 0 amide bonds. The van der Waals surface area contributed by atoms with Gasteiger partial charge in [0.25, 0.3) is 0 Å². The van der Waals surface area contributed by atoms with Crippen molar-refractivity contribution in [3.63, 3.8) is 0 Å². The summed E-state index contributed by atoms with van der Waals surface area (Å²) in [5, 5.41) is 3.12. The Morgan fingerprint density at radius 3 is 2.44 bits per heavy atom. The highest BCUT2D eigenvalue weighted by molar-refractivity contribution is 14.0. The molecule has 3 rings (SSSR count). The first-order valence-electron chi connectivity index (χ1n) is 8.56. The van der Waals surface area contributed by atoms with Crippen LogP contribution in [0.25, 0.3) is 0 Å². The predicted octanol–water partition coefficient (Wildman–Crippen LogP) is 2.97. The summed E-state index contributed by atoms with van der Waals surface area (Å²) in [4.78, 5) is 4.60. The second-order valence-electron chi connectivity index (χ2n) is 6.59. The maximum absolute atomic E-state index is 12.1. The van der Waals surface area contributed by atoms with Crippen molar-refractivity contribution in [1.29, 1.82) is 0 Å². The fraction of sp³-hybridized carbons (Fsp3) is 0.316. The third-order valence-corrected chi connectivity index (χ3v) is 6.33. The van der Waals surface area contributed by atoms with E-state index in [-0.39, 0.29) is 28.9 Å². The van der Waals surface area contributed by atoms with E-state index in [4.69, 9.17) is 5.73 Å². The van der Waals surface area contributed by atoms with Crippen molar-refractivity contribution >= 4 is 45.6 Å². The van der Waals surface area contributed by atoms with Crippen molar-refractivity contribution in [2.75, 3.05) is 19.4 Å². The summed E-state index contributed by atoms with van der Waals surface area (Å²) in [6.07, 6.45) is 3.48. The fourth-order valence-corrected chi connectivity index (χ4v) is 3.89. The van der Waals surface area contributed by atoms with Crippen LogP contribution < -0.4 is 11.1 Å². The molecule has 0 atom stereocenters. The number of nitrogens with one attached hydrogen (secondary N) is 1. The standard InChI is InChI=1S/C19H24N4O2S.HI/c1-23(2)26(24,25)18-10-6-14(7-11-18)13-21-19(20)22-17-9-8-15-4-3-5-16(15)12-17;/h6-12H,3-5,13H2,1-2H3,(H3,20,21,22);1H. The minimum Gasteiger partial charge on any atom is -0.370 e.